The number of nitrogens with zero attached hydrogens (tertiary/aromatic N) is 2. The maximum Gasteiger partial charge on any atom is 0.123 e. The van der Waals surface area contributed by atoms with Crippen molar-refractivity contribution in [2.45, 2.75) is 18.3 Å². The minimum absolute atomic E-state index is 0.186. The topological polar surface area (TPSA) is 6.48 Å². The van der Waals surface area contributed by atoms with Gasteiger partial charge < -0.3 is 9.80 Å². The van der Waals surface area contributed by atoms with Crippen molar-refractivity contribution in [1.29, 1.82) is 0 Å². The van der Waals surface area contributed by atoms with Crippen molar-refractivity contribution >= 4 is 44.3 Å². The Bertz CT molecular complexity index is 2730. The van der Waals surface area contributed by atoms with E-state index in [1.807, 2.05) is 12.1 Å². The maximum atomic E-state index is 14.3. The fourth-order valence-electron chi connectivity index (χ4n) is 9.80. The molecule has 0 saturated carbocycles. The number of fused-ring (bicyclic) bond motifs is 10. The van der Waals surface area contributed by atoms with Gasteiger partial charge in [0, 0.05) is 35.8 Å². The molecule has 0 atom stereocenters. The van der Waals surface area contributed by atoms with E-state index >= 15 is 0 Å². The van der Waals surface area contributed by atoms with Gasteiger partial charge in [0.15, 0.2) is 0 Å². The average Bonchev–Trinajstić information content (AvgIpc) is 3.91. The van der Waals surface area contributed by atoms with Gasteiger partial charge in [-0.15, -0.1) is 0 Å². The SMILES string of the molecule is Fc1ccc2c(c1)CCN2c1ccc2c(c1)C(c1ccccc1)(c1ccccc1)c1c-2c2ccccc2c2cc(N3CCc4cc(F)ccc43)ccc12. The molecule has 0 unspecified atom stereocenters. The lowest BCUT2D eigenvalue weighted by Gasteiger charge is -2.35. The third-order valence-corrected chi connectivity index (χ3v) is 12.0. The Morgan fingerprint density at radius 1 is 0.453 bits per heavy atom. The molecule has 0 radical (unpaired) electrons. The van der Waals surface area contributed by atoms with E-state index in [-0.39, 0.29) is 11.6 Å². The van der Waals surface area contributed by atoms with Crippen molar-refractivity contribution in [2.24, 2.45) is 0 Å². The van der Waals surface area contributed by atoms with E-state index in [2.05, 4.69) is 131 Å². The highest BCUT2D eigenvalue weighted by molar-refractivity contribution is 6.20. The summed E-state index contributed by atoms with van der Waals surface area (Å²) in [5.74, 6) is -0.374. The van der Waals surface area contributed by atoms with Crippen LogP contribution < -0.4 is 9.80 Å². The third kappa shape index (κ3) is 4.29. The lowest BCUT2D eigenvalue weighted by atomic mass is 9.66. The van der Waals surface area contributed by atoms with Gasteiger partial charge >= 0.3 is 0 Å². The van der Waals surface area contributed by atoms with Crippen LogP contribution in [0.3, 0.4) is 0 Å². The van der Waals surface area contributed by atoms with Gasteiger partial charge in [-0.25, -0.2) is 8.78 Å². The van der Waals surface area contributed by atoms with E-state index in [0.29, 0.717) is 0 Å². The fourth-order valence-corrected chi connectivity index (χ4v) is 9.80. The Kier molecular flexibility index (Phi) is 6.52. The van der Waals surface area contributed by atoms with Crippen LogP contribution in [0.2, 0.25) is 0 Å². The summed E-state index contributed by atoms with van der Waals surface area (Å²) in [4.78, 5) is 4.68. The summed E-state index contributed by atoms with van der Waals surface area (Å²) >= 11 is 0. The average molecular weight is 689 g/mol. The maximum absolute atomic E-state index is 14.3. The second-order valence-electron chi connectivity index (χ2n) is 14.6. The Balaban J connectivity index is 1.23. The molecule has 8 aromatic carbocycles. The van der Waals surface area contributed by atoms with Gasteiger partial charge in [-0.3, -0.25) is 0 Å². The first-order valence-electron chi connectivity index (χ1n) is 18.5. The molecule has 0 N–H and O–H groups in total. The Labute approximate surface area is 307 Å². The van der Waals surface area contributed by atoms with Crippen LogP contribution in [0.15, 0.2) is 158 Å². The van der Waals surface area contributed by atoms with Crippen LogP contribution in [0.25, 0.3) is 32.7 Å². The van der Waals surface area contributed by atoms with Crippen LogP contribution >= 0.6 is 0 Å². The summed E-state index contributed by atoms with van der Waals surface area (Å²) in [6.45, 7) is 1.61. The monoisotopic (exact) mass is 688 g/mol. The first-order chi connectivity index (χ1) is 26.1. The molecule has 0 bridgehead atoms. The van der Waals surface area contributed by atoms with Crippen molar-refractivity contribution < 1.29 is 8.78 Å². The molecular formula is C49H34F2N2. The summed E-state index contributed by atoms with van der Waals surface area (Å²) in [5, 5.41) is 4.85. The van der Waals surface area contributed by atoms with Gasteiger partial charge in [0.1, 0.15) is 11.6 Å². The molecule has 8 aromatic rings. The van der Waals surface area contributed by atoms with E-state index in [9.17, 15) is 8.78 Å². The second kappa shape index (κ2) is 11.4. The van der Waals surface area contributed by atoms with Gasteiger partial charge in [-0.2, -0.15) is 0 Å². The Morgan fingerprint density at radius 2 is 1.00 bits per heavy atom. The number of halogens is 2. The van der Waals surface area contributed by atoms with Gasteiger partial charge in [0.25, 0.3) is 0 Å². The van der Waals surface area contributed by atoms with Crippen LogP contribution in [0.1, 0.15) is 33.4 Å². The molecule has 3 aliphatic rings. The zero-order valence-corrected chi connectivity index (χ0v) is 29.0. The highest BCUT2D eigenvalue weighted by Crippen LogP contribution is 2.61. The fraction of sp³-hybridized carbons (Fsp3) is 0.102. The molecular weight excluding hydrogens is 655 g/mol. The molecule has 2 heterocycles. The Hall–Kier alpha value is -6.26. The third-order valence-electron chi connectivity index (χ3n) is 12.0. The Morgan fingerprint density at radius 3 is 1.62 bits per heavy atom. The lowest BCUT2D eigenvalue weighted by Crippen LogP contribution is -2.29. The quantitative estimate of drug-likeness (QED) is 0.170. The lowest BCUT2D eigenvalue weighted by molar-refractivity contribution is 0.626. The number of hydrogen-bond donors (Lipinski definition) is 0. The summed E-state index contributed by atoms with van der Waals surface area (Å²) in [5.41, 5.74) is 13.3. The summed E-state index contributed by atoms with van der Waals surface area (Å²) < 4.78 is 28.5. The van der Waals surface area contributed by atoms with E-state index < -0.39 is 5.41 Å². The van der Waals surface area contributed by atoms with E-state index in [0.717, 1.165) is 59.8 Å². The van der Waals surface area contributed by atoms with Crippen molar-refractivity contribution in [3.8, 4) is 11.1 Å². The molecule has 0 aromatic heterocycles. The highest BCUT2D eigenvalue weighted by Gasteiger charge is 2.48. The van der Waals surface area contributed by atoms with Gasteiger partial charge in [0.2, 0.25) is 0 Å². The molecule has 0 saturated heterocycles. The van der Waals surface area contributed by atoms with Crippen LogP contribution in [0.4, 0.5) is 31.5 Å². The van der Waals surface area contributed by atoms with Crippen LogP contribution in [-0.2, 0) is 18.3 Å². The van der Waals surface area contributed by atoms with Gasteiger partial charge in [-0.1, -0.05) is 97.1 Å². The minimum atomic E-state index is -0.629. The molecule has 53 heavy (non-hydrogen) atoms. The number of hydrogen-bond acceptors (Lipinski definition) is 2. The second-order valence-corrected chi connectivity index (χ2v) is 14.6. The zero-order valence-electron chi connectivity index (χ0n) is 29.0. The molecule has 254 valence electrons. The minimum Gasteiger partial charge on any atom is -0.341 e. The van der Waals surface area contributed by atoms with Gasteiger partial charge in [0.05, 0.1) is 5.41 Å². The van der Waals surface area contributed by atoms with E-state index in [1.165, 1.54) is 54.9 Å². The first-order valence-corrected chi connectivity index (χ1v) is 18.5. The highest BCUT2D eigenvalue weighted by atomic mass is 19.1. The van der Waals surface area contributed by atoms with Crippen LogP contribution in [-0.4, -0.2) is 13.1 Å². The predicted molar refractivity (Wildman–Crippen MR) is 213 cm³/mol. The normalized spacial score (nSPS) is 15.1. The molecule has 2 nitrogen and oxygen atoms in total. The number of rotatable bonds is 4. The zero-order chi connectivity index (χ0) is 35.3. The molecule has 11 rings (SSSR count). The largest absolute Gasteiger partial charge is 0.341 e. The molecule has 0 spiro atoms. The smallest absolute Gasteiger partial charge is 0.123 e. The summed E-state index contributed by atoms with van der Waals surface area (Å²) in [6.07, 6.45) is 1.62. The first kappa shape index (κ1) is 30.4. The van der Waals surface area contributed by atoms with Crippen molar-refractivity contribution in [3.63, 3.8) is 0 Å². The molecule has 0 amide bonds. The summed E-state index contributed by atoms with van der Waals surface area (Å²) in [6, 6.07) is 55.0. The van der Waals surface area contributed by atoms with Crippen LogP contribution in [0, 0.1) is 11.6 Å². The van der Waals surface area contributed by atoms with Crippen molar-refractivity contribution in [3.05, 3.63) is 203 Å². The predicted octanol–water partition coefficient (Wildman–Crippen LogP) is 12.0. The van der Waals surface area contributed by atoms with E-state index in [4.69, 9.17) is 0 Å². The standard InChI is InChI=1S/C49H34F2N2/c50-35-15-21-45-31(27-35)23-25-52(45)37-17-19-41-43(29-37)39-13-7-8-14-40(39)47-42-20-18-38(53-26-24-32-28-36(51)16-22-46(32)53)30-44(42)49(48(41)47,33-9-3-1-4-10-33)34-11-5-2-6-12-34/h1-22,27-30H,23-26H2. The number of benzene rings is 8. The molecule has 0 fully saturated rings. The number of anilines is 4. The van der Waals surface area contributed by atoms with E-state index in [1.54, 1.807) is 24.3 Å². The van der Waals surface area contributed by atoms with Crippen LogP contribution in [0.5, 0.6) is 0 Å². The van der Waals surface area contributed by atoms with Gasteiger partial charge in [-0.05, 0) is 140 Å². The van der Waals surface area contributed by atoms with Crippen molar-refractivity contribution in [1.82, 2.24) is 0 Å². The summed E-state index contributed by atoms with van der Waals surface area (Å²) in [7, 11) is 0. The molecule has 1 aliphatic carbocycles. The molecule has 4 heteroatoms. The molecule has 2 aliphatic heterocycles. The van der Waals surface area contributed by atoms with Crippen molar-refractivity contribution in [2.75, 3.05) is 22.9 Å².